The second kappa shape index (κ2) is 5.42. The highest BCUT2D eigenvalue weighted by molar-refractivity contribution is 7.07. The maximum absolute atomic E-state index is 11.6. The topological polar surface area (TPSA) is 85.1 Å². The molecule has 5 nitrogen and oxygen atoms in total. The van der Waals surface area contributed by atoms with E-state index in [1.165, 1.54) is 11.3 Å². The minimum atomic E-state index is -0.484. The van der Waals surface area contributed by atoms with Crippen LogP contribution < -0.4 is 11.1 Å². The van der Waals surface area contributed by atoms with E-state index in [2.05, 4.69) is 10.3 Å². The van der Waals surface area contributed by atoms with Gasteiger partial charge < -0.3 is 11.1 Å². The first-order valence-electron chi connectivity index (χ1n) is 5.22. The van der Waals surface area contributed by atoms with Gasteiger partial charge in [0, 0.05) is 17.5 Å². The van der Waals surface area contributed by atoms with E-state index in [4.69, 9.17) is 5.73 Å². The number of amides is 2. The van der Waals surface area contributed by atoms with Gasteiger partial charge in [0.15, 0.2) is 0 Å². The summed E-state index contributed by atoms with van der Waals surface area (Å²) in [6.45, 7) is 0.331. The molecule has 1 aromatic heterocycles. The number of thiazole rings is 1. The third kappa shape index (κ3) is 2.92. The Bertz CT molecular complexity index is 566. The molecule has 1 aromatic carbocycles. The number of rotatable bonds is 4. The van der Waals surface area contributed by atoms with Crippen LogP contribution >= 0.6 is 11.3 Å². The minimum Gasteiger partial charge on any atom is -0.366 e. The van der Waals surface area contributed by atoms with Gasteiger partial charge in [-0.15, -0.1) is 11.3 Å². The Kier molecular flexibility index (Phi) is 3.69. The molecule has 2 amide bonds. The monoisotopic (exact) mass is 261 g/mol. The van der Waals surface area contributed by atoms with E-state index < -0.39 is 5.91 Å². The number of benzene rings is 1. The van der Waals surface area contributed by atoms with Crippen LogP contribution in [0.5, 0.6) is 0 Å². The van der Waals surface area contributed by atoms with Gasteiger partial charge in [-0.3, -0.25) is 9.59 Å². The number of carbonyl (C=O) groups is 2. The molecule has 18 heavy (non-hydrogen) atoms. The molecule has 0 saturated heterocycles. The summed E-state index contributed by atoms with van der Waals surface area (Å²) in [4.78, 5) is 26.6. The zero-order chi connectivity index (χ0) is 13.0. The molecule has 2 rings (SSSR count). The predicted molar refractivity (Wildman–Crippen MR) is 68.2 cm³/mol. The van der Waals surface area contributed by atoms with Gasteiger partial charge in [-0.05, 0) is 17.7 Å². The summed E-state index contributed by atoms with van der Waals surface area (Å²) < 4.78 is 0. The van der Waals surface area contributed by atoms with E-state index in [0.717, 1.165) is 5.56 Å². The molecule has 1 heterocycles. The molecule has 2 aromatic rings. The van der Waals surface area contributed by atoms with E-state index in [9.17, 15) is 9.59 Å². The Hall–Kier alpha value is -2.21. The third-order valence-corrected chi connectivity index (χ3v) is 2.92. The lowest BCUT2D eigenvalue weighted by molar-refractivity contribution is 0.0946. The number of carbonyl (C=O) groups excluding carboxylic acids is 2. The molecule has 0 saturated carbocycles. The largest absolute Gasteiger partial charge is 0.366 e. The van der Waals surface area contributed by atoms with Crippen molar-refractivity contribution in [1.82, 2.24) is 10.3 Å². The predicted octanol–water partition coefficient (Wildman–Crippen LogP) is 1.17. The zero-order valence-corrected chi connectivity index (χ0v) is 10.2. The van der Waals surface area contributed by atoms with Crippen molar-refractivity contribution in [3.05, 3.63) is 52.0 Å². The Morgan fingerprint density at radius 2 is 2.22 bits per heavy atom. The van der Waals surface area contributed by atoms with Crippen LogP contribution in [0.4, 0.5) is 0 Å². The van der Waals surface area contributed by atoms with Crippen LogP contribution in [0.2, 0.25) is 0 Å². The number of hydrogen-bond acceptors (Lipinski definition) is 4. The van der Waals surface area contributed by atoms with Crippen LogP contribution in [0.1, 0.15) is 26.4 Å². The molecule has 0 spiro atoms. The van der Waals surface area contributed by atoms with E-state index in [1.54, 1.807) is 29.1 Å². The summed E-state index contributed by atoms with van der Waals surface area (Å²) in [5.74, 6) is -0.719. The molecule has 0 unspecified atom stereocenters. The SMILES string of the molecule is NC(=O)c1cccc(CNC(=O)c2cscn2)c1. The van der Waals surface area contributed by atoms with Crippen LogP contribution in [0.15, 0.2) is 35.2 Å². The molecular weight excluding hydrogens is 250 g/mol. The lowest BCUT2D eigenvalue weighted by Gasteiger charge is -2.04. The van der Waals surface area contributed by atoms with Crippen molar-refractivity contribution in [1.29, 1.82) is 0 Å². The van der Waals surface area contributed by atoms with Crippen molar-refractivity contribution in [3.63, 3.8) is 0 Å². The Morgan fingerprint density at radius 1 is 1.39 bits per heavy atom. The first kappa shape index (κ1) is 12.3. The van der Waals surface area contributed by atoms with Gasteiger partial charge >= 0.3 is 0 Å². The standard InChI is InChI=1S/C12H11N3O2S/c13-11(16)9-3-1-2-8(4-9)5-14-12(17)10-6-18-7-15-10/h1-4,6-7H,5H2,(H2,13,16)(H,14,17). The van der Waals surface area contributed by atoms with Crippen LogP contribution in [0, 0.1) is 0 Å². The highest BCUT2D eigenvalue weighted by atomic mass is 32.1. The first-order valence-corrected chi connectivity index (χ1v) is 6.16. The van der Waals surface area contributed by atoms with Crippen LogP contribution in [-0.2, 0) is 6.54 Å². The second-order valence-electron chi connectivity index (χ2n) is 3.62. The lowest BCUT2D eigenvalue weighted by Crippen LogP contribution is -2.23. The first-order chi connectivity index (χ1) is 8.66. The Labute approximate surface area is 108 Å². The van der Waals surface area contributed by atoms with Crippen LogP contribution in [0.25, 0.3) is 0 Å². The fourth-order valence-corrected chi connectivity index (χ4v) is 1.96. The summed E-state index contributed by atoms with van der Waals surface area (Å²) in [5, 5.41) is 4.40. The Morgan fingerprint density at radius 3 is 2.89 bits per heavy atom. The van der Waals surface area contributed by atoms with Crippen molar-refractivity contribution in [2.75, 3.05) is 0 Å². The maximum Gasteiger partial charge on any atom is 0.271 e. The van der Waals surface area contributed by atoms with Crippen LogP contribution in [0.3, 0.4) is 0 Å². The summed E-state index contributed by atoms with van der Waals surface area (Å²) in [6.07, 6.45) is 0. The molecule has 0 aliphatic rings. The molecule has 0 radical (unpaired) electrons. The smallest absolute Gasteiger partial charge is 0.271 e. The molecule has 0 aliphatic carbocycles. The average molecular weight is 261 g/mol. The zero-order valence-electron chi connectivity index (χ0n) is 9.42. The van der Waals surface area contributed by atoms with Gasteiger partial charge in [0.1, 0.15) is 5.69 Å². The summed E-state index contributed by atoms with van der Waals surface area (Å²) in [5.41, 5.74) is 8.42. The van der Waals surface area contributed by atoms with E-state index in [-0.39, 0.29) is 5.91 Å². The van der Waals surface area contributed by atoms with Gasteiger partial charge in [-0.2, -0.15) is 0 Å². The number of nitrogens with two attached hydrogens (primary N) is 1. The molecule has 0 fully saturated rings. The number of nitrogens with zero attached hydrogens (tertiary/aromatic N) is 1. The summed E-state index contributed by atoms with van der Waals surface area (Å²) in [6, 6.07) is 6.83. The fourth-order valence-electron chi connectivity index (χ4n) is 1.43. The quantitative estimate of drug-likeness (QED) is 0.866. The average Bonchev–Trinajstić information content (AvgIpc) is 2.90. The molecular formula is C12H11N3O2S. The second-order valence-corrected chi connectivity index (χ2v) is 4.34. The van der Waals surface area contributed by atoms with Gasteiger partial charge in [-0.25, -0.2) is 4.98 Å². The summed E-state index contributed by atoms with van der Waals surface area (Å²) in [7, 11) is 0. The van der Waals surface area contributed by atoms with Crippen molar-refractivity contribution >= 4 is 23.2 Å². The van der Waals surface area contributed by atoms with E-state index in [1.807, 2.05) is 6.07 Å². The van der Waals surface area contributed by atoms with Crippen molar-refractivity contribution in [2.24, 2.45) is 5.73 Å². The molecule has 6 heteroatoms. The van der Waals surface area contributed by atoms with Crippen LogP contribution in [-0.4, -0.2) is 16.8 Å². The van der Waals surface area contributed by atoms with Gasteiger partial charge in [0.2, 0.25) is 5.91 Å². The number of hydrogen-bond donors (Lipinski definition) is 2. The fraction of sp³-hybridized carbons (Fsp3) is 0.0833. The number of aromatic nitrogens is 1. The number of primary amides is 1. The third-order valence-electron chi connectivity index (χ3n) is 2.33. The van der Waals surface area contributed by atoms with Crippen molar-refractivity contribution in [3.8, 4) is 0 Å². The van der Waals surface area contributed by atoms with Gasteiger partial charge in [-0.1, -0.05) is 12.1 Å². The molecule has 0 atom stereocenters. The van der Waals surface area contributed by atoms with E-state index >= 15 is 0 Å². The Balaban J connectivity index is 2.00. The van der Waals surface area contributed by atoms with Crippen molar-refractivity contribution < 1.29 is 9.59 Å². The van der Waals surface area contributed by atoms with E-state index in [0.29, 0.717) is 17.8 Å². The minimum absolute atomic E-state index is 0.235. The maximum atomic E-state index is 11.6. The highest BCUT2D eigenvalue weighted by Gasteiger charge is 2.07. The molecule has 0 bridgehead atoms. The highest BCUT2D eigenvalue weighted by Crippen LogP contribution is 2.05. The molecule has 92 valence electrons. The van der Waals surface area contributed by atoms with Gasteiger partial charge in [0.25, 0.3) is 5.91 Å². The lowest BCUT2D eigenvalue weighted by atomic mass is 10.1. The molecule has 3 N–H and O–H groups in total. The summed E-state index contributed by atoms with van der Waals surface area (Å²) >= 11 is 1.36. The van der Waals surface area contributed by atoms with Crippen molar-refractivity contribution in [2.45, 2.75) is 6.54 Å². The number of nitrogens with one attached hydrogen (secondary N) is 1. The molecule has 0 aliphatic heterocycles. The normalized spacial score (nSPS) is 10.0. The van der Waals surface area contributed by atoms with Gasteiger partial charge in [0.05, 0.1) is 5.51 Å².